The number of nitrogens with two attached hydrogens (primary N) is 1. The van der Waals surface area contributed by atoms with E-state index in [0.29, 0.717) is 5.56 Å². The molecule has 0 aliphatic heterocycles. The highest BCUT2D eigenvalue weighted by atomic mass is 19.3. The Kier molecular flexibility index (Phi) is 3.10. The second-order valence-corrected chi connectivity index (χ2v) is 2.81. The second-order valence-electron chi connectivity index (χ2n) is 2.81. The van der Waals surface area contributed by atoms with E-state index in [2.05, 4.69) is 4.98 Å². The van der Waals surface area contributed by atoms with E-state index in [1.54, 1.807) is 6.92 Å². The van der Waals surface area contributed by atoms with Gasteiger partial charge in [-0.15, -0.1) is 0 Å². The van der Waals surface area contributed by atoms with Gasteiger partial charge in [0, 0.05) is 12.1 Å². The molecular weight excluding hydrogens is 188 g/mol. The Balaban J connectivity index is 3.33. The lowest BCUT2D eigenvalue weighted by molar-refractivity contribution is 0.149. The van der Waals surface area contributed by atoms with Gasteiger partial charge in [-0.25, -0.2) is 13.8 Å². The molecule has 0 bridgehead atoms. The van der Waals surface area contributed by atoms with Crippen molar-refractivity contribution in [1.82, 2.24) is 4.98 Å². The molecule has 0 aromatic carbocycles. The Hall–Kier alpha value is -1.54. The number of alkyl halides is 2. The molecule has 0 saturated heterocycles. The molecule has 5 heteroatoms. The molecule has 0 saturated carbocycles. The van der Waals surface area contributed by atoms with Crippen LogP contribution in [0.2, 0.25) is 0 Å². The van der Waals surface area contributed by atoms with Crippen LogP contribution >= 0.6 is 0 Å². The predicted molar refractivity (Wildman–Crippen MR) is 46.5 cm³/mol. The van der Waals surface area contributed by atoms with Crippen molar-refractivity contribution in [2.24, 2.45) is 5.73 Å². The van der Waals surface area contributed by atoms with Crippen molar-refractivity contribution >= 4 is 0 Å². The molecule has 1 rings (SSSR count). The zero-order valence-corrected chi connectivity index (χ0v) is 7.59. The number of hydrogen-bond acceptors (Lipinski definition) is 3. The molecule has 0 unspecified atom stereocenters. The molecule has 1 aromatic heterocycles. The van der Waals surface area contributed by atoms with Crippen LogP contribution in [0, 0.1) is 18.3 Å². The highest BCUT2D eigenvalue weighted by Crippen LogP contribution is 2.23. The Morgan fingerprint density at radius 2 is 2.29 bits per heavy atom. The summed E-state index contributed by atoms with van der Waals surface area (Å²) in [5.41, 5.74) is 5.74. The molecule has 0 atom stereocenters. The maximum absolute atomic E-state index is 12.5. The number of nitrogens with zero attached hydrogens (tertiary/aromatic N) is 2. The summed E-state index contributed by atoms with van der Waals surface area (Å²) >= 11 is 0. The monoisotopic (exact) mass is 197 g/mol. The molecule has 0 spiro atoms. The molecule has 2 N–H and O–H groups in total. The summed E-state index contributed by atoms with van der Waals surface area (Å²) in [4.78, 5) is 3.76. The minimum Gasteiger partial charge on any atom is -0.325 e. The van der Waals surface area contributed by atoms with Gasteiger partial charge < -0.3 is 5.73 Å². The second kappa shape index (κ2) is 4.11. The van der Waals surface area contributed by atoms with Crippen LogP contribution in [0.3, 0.4) is 0 Å². The van der Waals surface area contributed by atoms with Crippen LogP contribution in [0.25, 0.3) is 0 Å². The third kappa shape index (κ3) is 1.86. The lowest BCUT2D eigenvalue weighted by atomic mass is 10.1. The fraction of sp³-hybridized carbons (Fsp3) is 0.333. The van der Waals surface area contributed by atoms with Crippen molar-refractivity contribution in [3.63, 3.8) is 0 Å². The summed E-state index contributed by atoms with van der Waals surface area (Å²) in [7, 11) is 0. The molecular formula is C9H9F2N3. The van der Waals surface area contributed by atoms with Gasteiger partial charge in [0.1, 0.15) is 11.8 Å². The maximum Gasteiger partial charge on any atom is 0.265 e. The van der Waals surface area contributed by atoms with Crippen molar-refractivity contribution < 1.29 is 8.78 Å². The molecule has 0 fully saturated rings. The molecule has 74 valence electrons. The van der Waals surface area contributed by atoms with Crippen LogP contribution in [0.15, 0.2) is 6.07 Å². The Morgan fingerprint density at radius 1 is 1.64 bits per heavy atom. The first-order valence-electron chi connectivity index (χ1n) is 3.99. The quantitative estimate of drug-likeness (QED) is 0.784. The molecule has 0 aliphatic carbocycles. The van der Waals surface area contributed by atoms with Crippen LogP contribution in [0.4, 0.5) is 8.78 Å². The first-order valence-corrected chi connectivity index (χ1v) is 3.99. The van der Waals surface area contributed by atoms with Gasteiger partial charge in [-0.2, -0.15) is 5.26 Å². The van der Waals surface area contributed by atoms with E-state index in [9.17, 15) is 8.78 Å². The number of hydrogen-bond donors (Lipinski definition) is 1. The topological polar surface area (TPSA) is 62.7 Å². The lowest BCUT2D eigenvalue weighted by Gasteiger charge is -2.07. The average molecular weight is 197 g/mol. The van der Waals surface area contributed by atoms with E-state index in [1.807, 2.05) is 6.07 Å². The van der Waals surface area contributed by atoms with Crippen molar-refractivity contribution in [1.29, 1.82) is 5.26 Å². The zero-order chi connectivity index (χ0) is 10.7. The predicted octanol–water partition coefficient (Wildman–Crippen LogP) is 1.66. The van der Waals surface area contributed by atoms with E-state index < -0.39 is 6.43 Å². The van der Waals surface area contributed by atoms with Gasteiger partial charge in [0.05, 0.1) is 5.69 Å². The average Bonchev–Trinajstić information content (AvgIpc) is 2.17. The third-order valence-corrected chi connectivity index (χ3v) is 1.86. The summed E-state index contributed by atoms with van der Waals surface area (Å²) in [6, 6.07) is 3.09. The minimum atomic E-state index is -2.60. The number of halogens is 2. The summed E-state index contributed by atoms with van der Waals surface area (Å²) in [6.07, 6.45) is -2.60. The van der Waals surface area contributed by atoms with Crippen molar-refractivity contribution in [3.8, 4) is 6.07 Å². The largest absolute Gasteiger partial charge is 0.325 e. The molecule has 1 heterocycles. The molecule has 3 nitrogen and oxygen atoms in total. The Morgan fingerprint density at radius 3 is 2.71 bits per heavy atom. The highest BCUT2D eigenvalue weighted by Gasteiger charge is 2.15. The minimum absolute atomic E-state index is 0.0853. The number of aryl methyl sites for hydroxylation is 1. The van der Waals surface area contributed by atoms with Crippen molar-refractivity contribution in [2.45, 2.75) is 19.9 Å². The van der Waals surface area contributed by atoms with Crippen molar-refractivity contribution in [2.75, 3.05) is 0 Å². The van der Waals surface area contributed by atoms with E-state index >= 15 is 0 Å². The standard InChI is InChI=1S/C9H9F2N3/c1-5-2-6(9(10)11)8(4-13)14-7(5)3-12/h2,9H,4,13H2,1H3. The van der Waals surface area contributed by atoms with Gasteiger partial charge >= 0.3 is 0 Å². The normalized spacial score (nSPS) is 10.3. The number of nitriles is 1. The smallest absolute Gasteiger partial charge is 0.265 e. The molecule has 0 amide bonds. The van der Waals surface area contributed by atoms with E-state index in [0.717, 1.165) is 0 Å². The van der Waals surface area contributed by atoms with Crippen LogP contribution < -0.4 is 5.73 Å². The first-order chi connectivity index (χ1) is 6.60. The van der Waals surface area contributed by atoms with Crippen LogP contribution in [-0.4, -0.2) is 4.98 Å². The van der Waals surface area contributed by atoms with Crippen LogP contribution in [0.1, 0.15) is 28.9 Å². The summed E-state index contributed by atoms with van der Waals surface area (Å²) in [6.45, 7) is 1.48. The maximum atomic E-state index is 12.5. The summed E-state index contributed by atoms with van der Waals surface area (Å²) in [5.74, 6) is 0. The molecule has 0 radical (unpaired) electrons. The van der Waals surface area contributed by atoms with E-state index in [4.69, 9.17) is 11.0 Å². The third-order valence-electron chi connectivity index (χ3n) is 1.86. The summed E-state index contributed by atoms with van der Waals surface area (Å²) < 4.78 is 24.9. The SMILES string of the molecule is Cc1cc(C(F)F)c(CN)nc1C#N. The van der Waals surface area contributed by atoms with Gasteiger partial charge in [-0.3, -0.25) is 0 Å². The molecule has 0 aliphatic rings. The molecule has 1 aromatic rings. The fourth-order valence-corrected chi connectivity index (χ4v) is 1.14. The summed E-state index contributed by atoms with van der Waals surface area (Å²) in [5, 5.41) is 8.63. The number of pyridine rings is 1. The number of rotatable bonds is 2. The highest BCUT2D eigenvalue weighted by molar-refractivity contribution is 5.36. The zero-order valence-electron chi connectivity index (χ0n) is 7.59. The fourth-order valence-electron chi connectivity index (χ4n) is 1.14. The van der Waals surface area contributed by atoms with Gasteiger partial charge in [-0.05, 0) is 18.6 Å². The van der Waals surface area contributed by atoms with E-state index in [1.165, 1.54) is 6.07 Å². The van der Waals surface area contributed by atoms with Crippen LogP contribution in [-0.2, 0) is 6.54 Å². The number of aromatic nitrogens is 1. The lowest BCUT2D eigenvalue weighted by Crippen LogP contribution is -2.07. The van der Waals surface area contributed by atoms with Gasteiger partial charge in [0.15, 0.2) is 0 Å². The van der Waals surface area contributed by atoms with Gasteiger partial charge in [-0.1, -0.05) is 0 Å². The molecule has 14 heavy (non-hydrogen) atoms. The van der Waals surface area contributed by atoms with Gasteiger partial charge in [0.2, 0.25) is 0 Å². The Bertz CT molecular complexity index is 382. The van der Waals surface area contributed by atoms with Crippen LogP contribution in [0.5, 0.6) is 0 Å². The first kappa shape index (κ1) is 10.5. The van der Waals surface area contributed by atoms with E-state index in [-0.39, 0.29) is 23.5 Å². The van der Waals surface area contributed by atoms with Gasteiger partial charge in [0.25, 0.3) is 6.43 Å². The van der Waals surface area contributed by atoms with Crippen molar-refractivity contribution in [3.05, 3.63) is 28.6 Å². The Labute approximate surface area is 80.2 Å².